The molecule has 2 aromatic rings. The van der Waals surface area contributed by atoms with Crippen LogP contribution in [0.3, 0.4) is 0 Å². The molecule has 1 unspecified atom stereocenters. The van der Waals surface area contributed by atoms with Crippen molar-refractivity contribution in [2.24, 2.45) is 0 Å². The smallest absolute Gasteiger partial charge is 0.242 e. The molecule has 3 rings (SSSR count). The zero-order valence-electron chi connectivity index (χ0n) is 9.39. The Hall–Kier alpha value is -2.04. The van der Waals surface area contributed by atoms with E-state index in [2.05, 4.69) is 15.6 Å². The van der Waals surface area contributed by atoms with Gasteiger partial charge in [0.25, 0.3) is 0 Å². The number of nitrogens with one attached hydrogen (secondary N) is 2. The molecule has 0 saturated carbocycles. The second-order valence-corrected chi connectivity index (χ2v) is 4.20. The molecule has 0 aliphatic carbocycles. The molecule has 1 saturated heterocycles. The number of anilines is 1. The largest absolute Gasteiger partial charge is 0.359 e. The van der Waals surface area contributed by atoms with Gasteiger partial charge in [0.05, 0.1) is 0 Å². The Morgan fingerprint density at radius 3 is 3.29 bits per heavy atom. The van der Waals surface area contributed by atoms with Gasteiger partial charge in [0.15, 0.2) is 0 Å². The SMILES string of the molecule is O=C1NCCCC1Nc1cccc2nccn12. The van der Waals surface area contributed by atoms with E-state index in [0.717, 1.165) is 30.9 Å². The fraction of sp³-hybridized carbons (Fsp3) is 0.333. The average molecular weight is 230 g/mol. The number of amides is 1. The molecule has 2 aromatic heterocycles. The topological polar surface area (TPSA) is 58.4 Å². The Balaban J connectivity index is 1.89. The lowest BCUT2D eigenvalue weighted by molar-refractivity contribution is -0.123. The number of fused-ring (bicyclic) bond motifs is 1. The van der Waals surface area contributed by atoms with Gasteiger partial charge in [0.2, 0.25) is 5.91 Å². The van der Waals surface area contributed by atoms with Crippen molar-refractivity contribution >= 4 is 17.4 Å². The molecule has 1 aliphatic rings. The highest BCUT2D eigenvalue weighted by atomic mass is 16.2. The molecule has 1 atom stereocenters. The van der Waals surface area contributed by atoms with Crippen LogP contribution in [0, 0.1) is 0 Å². The predicted octanol–water partition coefficient (Wildman–Crippen LogP) is 1.02. The number of aromatic nitrogens is 2. The molecule has 88 valence electrons. The van der Waals surface area contributed by atoms with Crippen molar-refractivity contribution in [3.05, 3.63) is 30.6 Å². The van der Waals surface area contributed by atoms with E-state index in [1.165, 1.54) is 0 Å². The van der Waals surface area contributed by atoms with E-state index in [4.69, 9.17) is 0 Å². The van der Waals surface area contributed by atoms with Gasteiger partial charge in [-0.1, -0.05) is 6.07 Å². The molecule has 3 heterocycles. The Morgan fingerprint density at radius 1 is 1.47 bits per heavy atom. The fourth-order valence-corrected chi connectivity index (χ4v) is 2.15. The van der Waals surface area contributed by atoms with E-state index in [0.29, 0.717) is 0 Å². The third-order valence-corrected chi connectivity index (χ3v) is 3.04. The van der Waals surface area contributed by atoms with Crippen LogP contribution in [0.25, 0.3) is 5.65 Å². The highest BCUT2D eigenvalue weighted by Crippen LogP contribution is 2.15. The molecule has 1 fully saturated rings. The Kier molecular flexibility index (Phi) is 2.44. The lowest BCUT2D eigenvalue weighted by Crippen LogP contribution is -2.44. The Bertz CT molecular complexity index is 548. The van der Waals surface area contributed by atoms with Gasteiger partial charge < -0.3 is 10.6 Å². The fourth-order valence-electron chi connectivity index (χ4n) is 2.15. The van der Waals surface area contributed by atoms with Gasteiger partial charge in [0, 0.05) is 18.9 Å². The van der Waals surface area contributed by atoms with Gasteiger partial charge in [-0.15, -0.1) is 0 Å². The molecule has 1 aliphatic heterocycles. The van der Waals surface area contributed by atoms with Crippen LogP contribution in [-0.2, 0) is 4.79 Å². The van der Waals surface area contributed by atoms with Crippen molar-refractivity contribution in [3.63, 3.8) is 0 Å². The zero-order valence-corrected chi connectivity index (χ0v) is 9.39. The first-order valence-electron chi connectivity index (χ1n) is 5.81. The molecule has 5 nitrogen and oxygen atoms in total. The minimum absolute atomic E-state index is 0.0772. The third kappa shape index (κ3) is 1.84. The van der Waals surface area contributed by atoms with Gasteiger partial charge >= 0.3 is 0 Å². The number of nitrogens with zero attached hydrogens (tertiary/aromatic N) is 2. The summed E-state index contributed by atoms with van der Waals surface area (Å²) < 4.78 is 1.95. The number of rotatable bonds is 2. The van der Waals surface area contributed by atoms with Crippen LogP contribution in [0.2, 0.25) is 0 Å². The maximum Gasteiger partial charge on any atom is 0.242 e. The normalized spacial score (nSPS) is 20.2. The average Bonchev–Trinajstić information content (AvgIpc) is 2.81. The quantitative estimate of drug-likeness (QED) is 0.810. The van der Waals surface area contributed by atoms with Crippen molar-refractivity contribution in [2.75, 3.05) is 11.9 Å². The summed E-state index contributed by atoms with van der Waals surface area (Å²) in [5.41, 5.74) is 0.881. The first kappa shape index (κ1) is 10.1. The van der Waals surface area contributed by atoms with E-state index in [1.54, 1.807) is 6.20 Å². The molecule has 2 N–H and O–H groups in total. The number of piperidine rings is 1. The predicted molar refractivity (Wildman–Crippen MR) is 64.8 cm³/mol. The lowest BCUT2D eigenvalue weighted by Gasteiger charge is -2.24. The number of carbonyl (C=O) groups is 1. The molecule has 5 heteroatoms. The molecular formula is C12H14N4O. The van der Waals surface area contributed by atoms with Crippen LogP contribution in [0.1, 0.15) is 12.8 Å². The second kappa shape index (κ2) is 4.08. The van der Waals surface area contributed by atoms with E-state index in [9.17, 15) is 4.79 Å². The first-order valence-corrected chi connectivity index (χ1v) is 5.81. The summed E-state index contributed by atoms with van der Waals surface area (Å²) >= 11 is 0. The minimum Gasteiger partial charge on any atom is -0.359 e. The number of hydrogen-bond donors (Lipinski definition) is 2. The van der Waals surface area contributed by atoms with Crippen LogP contribution in [0.4, 0.5) is 5.82 Å². The Labute approximate surface area is 98.8 Å². The zero-order chi connectivity index (χ0) is 11.7. The van der Waals surface area contributed by atoms with Crippen LogP contribution < -0.4 is 10.6 Å². The molecule has 0 aromatic carbocycles. The van der Waals surface area contributed by atoms with Crippen molar-refractivity contribution in [3.8, 4) is 0 Å². The van der Waals surface area contributed by atoms with Crippen molar-refractivity contribution < 1.29 is 4.79 Å². The standard InChI is InChI=1S/C12H14N4O/c17-12-9(3-2-6-14-12)15-11-5-1-4-10-13-7-8-16(10)11/h1,4-5,7-9,15H,2-3,6H2,(H,14,17). The van der Waals surface area contributed by atoms with Crippen molar-refractivity contribution in [2.45, 2.75) is 18.9 Å². The number of pyridine rings is 1. The molecule has 0 radical (unpaired) electrons. The lowest BCUT2D eigenvalue weighted by atomic mass is 10.1. The molecular weight excluding hydrogens is 216 g/mol. The van der Waals surface area contributed by atoms with Crippen LogP contribution in [0.15, 0.2) is 30.6 Å². The summed E-state index contributed by atoms with van der Waals surface area (Å²) in [6, 6.07) is 5.69. The van der Waals surface area contributed by atoms with Gasteiger partial charge in [-0.2, -0.15) is 0 Å². The minimum atomic E-state index is -0.142. The maximum atomic E-state index is 11.7. The van der Waals surface area contributed by atoms with Crippen LogP contribution >= 0.6 is 0 Å². The van der Waals surface area contributed by atoms with Gasteiger partial charge in [0.1, 0.15) is 17.5 Å². The maximum absolute atomic E-state index is 11.7. The highest BCUT2D eigenvalue weighted by Gasteiger charge is 2.22. The molecule has 0 bridgehead atoms. The summed E-state index contributed by atoms with van der Waals surface area (Å²) in [5.74, 6) is 0.982. The summed E-state index contributed by atoms with van der Waals surface area (Å²) in [4.78, 5) is 15.9. The van der Waals surface area contributed by atoms with Gasteiger partial charge in [-0.3, -0.25) is 9.20 Å². The first-order chi connectivity index (χ1) is 8.34. The van der Waals surface area contributed by atoms with Gasteiger partial charge in [-0.05, 0) is 25.0 Å². The second-order valence-electron chi connectivity index (χ2n) is 4.20. The van der Waals surface area contributed by atoms with Crippen molar-refractivity contribution in [1.82, 2.24) is 14.7 Å². The van der Waals surface area contributed by atoms with E-state index >= 15 is 0 Å². The van der Waals surface area contributed by atoms with Crippen molar-refractivity contribution in [1.29, 1.82) is 0 Å². The molecule has 1 amide bonds. The summed E-state index contributed by atoms with van der Waals surface area (Å²) in [5, 5.41) is 6.14. The number of carbonyl (C=O) groups excluding carboxylic acids is 1. The number of hydrogen-bond acceptors (Lipinski definition) is 3. The van der Waals surface area contributed by atoms with Crippen LogP contribution in [0.5, 0.6) is 0 Å². The molecule has 17 heavy (non-hydrogen) atoms. The monoisotopic (exact) mass is 230 g/mol. The summed E-state index contributed by atoms with van der Waals surface area (Å²) in [7, 11) is 0. The summed E-state index contributed by atoms with van der Waals surface area (Å²) in [6.07, 6.45) is 5.53. The number of imidazole rings is 1. The third-order valence-electron chi connectivity index (χ3n) is 3.04. The molecule has 0 spiro atoms. The Morgan fingerprint density at radius 2 is 2.41 bits per heavy atom. The van der Waals surface area contributed by atoms with E-state index < -0.39 is 0 Å². The van der Waals surface area contributed by atoms with E-state index in [-0.39, 0.29) is 11.9 Å². The summed E-state index contributed by atoms with van der Waals surface area (Å²) in [6.45, 7) is 0.784. The van der Waals surface area contributed by atoms with Crippen LogP contribution in [-0.4, -0.2) is 27.9 Å². The van der Waals surface area contributed by atoms with E-state index in [1.807, 2.05) is 28.8 Å². The highest BCUT2D eigenvalue weighted by molar-refractivity contribution is 5.85. The van der Waals surface area contributed by atoms with Gasteiger partial charge in [-0.25, -0.2) is 4.98 Å².